The summed E-state index contributed by atoms with van der Waals surface area (Å²) in [5.41, 5.74) is 1.18. The van der Waals surface area contributed by atoms with Crippen LogP contribution in [0.5, 0.6) is 0 Å². The van der Waals surface area contributed by atoms with E-state index >= 15 is 0 Å². The average Bonchev–Trinajstić information content (AvgIpc) is 2.36. The fourth-order valence-electron chi connectivity index (χ4n) is 1.76. The Labute approximate surface area is 115 Å². The molecule has 0 N–H and O–H groups in total. The molecular weight excluding hydrogens is 240 g/mol. The number of hydrogen-bond acceptors (Lipinski definition) is 3. The minimum absolute atomic E-state index is 0.0830. The number of nitriles is 1. The first-order valence-electron chi connectivity index (χ1n) is 6.42. The maximum atomic E-state index is 9.13. The molecule has 0 bridgehead atoms. The van der Waals surface area contributed by atoms with Crippen LogP contribution in [0.15, 0.2) is 29.2 Å². The maximum absolute atomic E-state index is 9.13. The largest absolute Gasteiger partial charge is 0.373 e. The Morgan fingerprint density at radius 3 is 2.33 bits per heavy atom. The molecule has 1 rings (SSSR count). The van der Waals surface area contributed by atoms with Gasteiger partial charge in [-0.1, -0.05) is 20.8 Å². The predicted molar refractivity (Wildman–Crippen MR) is 80.1 cm³/mol. The van der Waals surface area contributed by atoms with Crippen LogP contribution in [0.4, 0.5) is 5.69 Å². The Bertz CT molecular complexity index is 392. The monoisotopic (exact) mass is 262 g/mol. The molecule has 0 aliphatic carbocycles. The van der Waals surface area contributed by atoms with E-state index in [1.165, 1.54) is 10.6 Å². The lowest BCUT2D eigenvalue weighted by Gasteiger charge is -2.24. The highest BCUT2D eigenvalue weighted by atomic mass is 32.2. The van der Waals surface area contributed by atoms with Gasteiger partial charge in [0.2, 0.25) is 0 Å². The second kappa shape index (κ2) is 7.33. The van der Waals surface area contributed by atoms with E-state index in [0.29, 0.717) is 5.92 Å². The molecule has 0 aromatic heterocycles. The molecule has 1 atom stereocenters. The fraction of sp³-hybridized carbons (Fsp3) is 0.533. The molecule has 0 saturated carbocycles. The summed E-state index contributed by atoms with van der Waals surface area (Å²) in [6.07, 6.45) is 0. The summed E-state index contributed by atoms with van der Waals surface area (Å²) in [6, 6.07) is 11.0. The van der Waals surface area contributed by atoms with Gasteiger partial charge in [0.1, 0.15) is 0 Å². The van der Waals surface area contributed by atoms with Crippen molar-refractivity contribution in [3.63, 3.8) is 0 Å². The molecule has 0 fully saturated rings. The van der Waals surface area contributed by atoms with E-state index in [1.54, 1.807) is 0 Å². The lowest BCUT2D eigenvalue weighted by Crippen LogP contribution is -2.27. The number of nitrogens with zero attached hydrogens (tertiary/aromatic N) is 2. The van der Waals surface area contributed by atoms with Gasteiger partial charge in [0, 0.05) is 24.2 Å². The summed E-state index contributed by atoms with van der Waals surface area (Å²) < 4.78 is 0. The van der Waals surface area contributed by atoms with E-state index in [4.69, 9.17) is 5.26 Å². The summed E-state index contributed by atoms with van der Waals surface area (Å²) in [6.45, 7) is 7.14. The van der Waals surface area contributed by atoms with Crippen molar-refractivity contribution in [2.24, 2.45) is 11.8 Å². The van der Waals surface area contributed by atoms with Crippen molar-refractivity contribution >= 4 is 17.4 Å². The van der Waals surface area contributed by atoms with Crippen molar-refractivity contribution in [1.29, 1.82) is 5.26 Å². The first-order valence-corrected chi connectivity index (χ1v) is 7.40. The Hall–Kier alpha value is -1.14. The van der Waals surface area contributed by atoms with Gasteiger partial charge in [-0.3, -0.25) is 0 Å². The third-order valence-electron chi connectivity index (χ3n) is 3.03. The molecule has 0 saturated heterocycles. The number of hydrogen-bond donors (Lipinski definition) is 0. The molecule has 1 aromatic carbocycles. The van der Waals surface area contributed by atoms with Crippen molar-refractivity contribution in [1.82, 2.24) is 0 Å². The third-order valence-corrected chi connectivity index (χ3v) is 3.92. The number of thioether (sulfide) groups is 1. The van der Waals surface area contributed by atoms with Crippen LogP contribution < -0.4 is 4.90 Å². The predicted octanol–water partition coefficient (Wildman–Crippen LogP) is 4.03. The van der Waals surface area contributed by atoms with Gasteiger partial charge in [-0.05, 0) is 35.9 Å². The van der Waals surface area contributed by atoms with Crippen molar-refractivity contribution in [2.45, 2.75) is 25.7 Å². The number of benzene rings is 1. The van der Waals surface area contributed by atoms with Gasteiger partial charge in [0.05, 0.1) is 12.0 Å². The molecule has 0 aliphatic heterocycles. The third kappa shape index (κ3) is 4.27. The van der Waals surface area contributed by atoms with Gasteiger partial charge in [0.15, 0.2) is 0 Å². The molecule has 0 aliphatic rings. The summed E-state index contributed by atoms with van der Waals surface area (Å²) in [5, 5.41) is 9.13. The summed E-state index contributed by atoms with van der Waals surface area (Å²) in [7, 11) is 2.05. The SMILES string of the molecule is CCSc1ccc(N(C)CC(C#N)C(C)C)cc1. The first kappa shape index (κ1) is 14.9. The highest BCUT2D eigenvalue weighted by Crippen LogP contribution is 2.22. The Kier molecular flexibility index (Phi) is 6.07. The molecule has 2 nitrogen and oxygen atoms in total. The van der Waals surface area contributed by atoms with E-state index in [1.807, 2.05) is 11.8 Å². The number of anilines is 1. The quantitative estimate of drug-likeness (QED) is 0.724. The smallest absolute Gasteiger partial charge is 0.0677 e. The van der Waals surface area contributed by atoms with Crippen LogP contribution in [-0.2, 0) is 0 Å². The fourth-order valence-corrected chi connectivity index (χ4v) is 2.43. The topological polar surface area (TPSA) is 27.0 Å². The van der Waals surface area contributed by atoms with Crippen LogP contribution in [0, 0.1) is 23.2 Å². The molecule has 98 valence electrons. The molecule has 0 spiro atoms. The molecule has 0 heterocycles. The Morgan fingerprint density at radius 2 is 1.89 bits per heavy atom. The Balaban J connectivity index is 2.66. The maximum Gasteiger partial charge on any atom is 0.0677 e. The summed E-state index contributed by atoms with van der Waals surface area (Å²) in [5.74, 6) is 1.58. The van der Waals surface area contributed by atoms with E-state index in [2.05, 4.69) is 63.1 Å². The Morgan fingerprint density at radius 1 is 1.28 bits per heavy atom. The minimum Gasteiger partial charge on any atom is -0.373 e. The van der Waals surface area contributed by atoms with Crippen LogP contribution in [0.25, 0.3) is 0 Å². The zero-order valence-corrected chi connectivity index (χ0v) is 12.5. The highest BCUT2D eigenvalue weighted by Gasteiger charge is 2.15. The van der Waals surface area contributed by atoms with Crippen LogP contribution in [0.1, 0.15) is 20.8 Å². The molecular formula is C15H22N2S. The zero-order valence-electron chi connectivity index (χ0n) is 11.7. The van der Waals surface area contributed by atoms with Gasteiger partial charge in [-0.25, -0.2) is 0 Å². The lowest BCUT2D eigenvalue weighted by molar-refractivity contribution is 0.477. The van der Waals surface area contributed by atoms with Crippen molar-refractivity contribution in [2.75, 3.05) is 24.2 Å². The van der Waals surface area contributed by atoms with Gasteiger partial charge < -0.3 is 4.90 Å². The van der Waals surface area contributed by atoms with Crippen molar-refractivity contribution in [3.8, 4) is 6.07 Å². The average molecular weight is 262 g/mol. The van der Waals surface area contributed by atoms with Crippen molar-refractivity contribution < 1.29 is 0 Å². The summed E-state index contributed by atoms with van der Waals surface area (Å²) in [4.78, 5) is 3.46. The molecule has 1 aromatic rings. The van der Waals surface area contributed by atoms with Crippen LogP contribution in [0.2, 0.25) is 0 Å². The van der Waals surface area contributed by atoms with E-state index < -0.39 is 0 Å². The van der Waals surface area contributed by atoms with E-state index in [-0.39, 0.29) is 5.92 Å². The second-order valence-electron chi connectivity index (χ2n) is 4.79. The van der Waals surface area contributed by atoms with Crippen LogP contribution >= 0.6 is 11.8 Å². The van der Waals surface area contributed by atoms with Crippen molar-refractivity contribution in [3.05, 3.63) is 24.3 Å². The summed E-state index contributed by atoms with van der Waals surface area (Å²) >= 11 is 1.85. The van der Waals surface area contributed by atoms with Crippen LogP contribution in [0.3, 0.4) is 0 Å². The van der Waals surface area contributed by atoms with Gasteiger partial charge >= 0.3 is 0 Å². The van der Waals surface area contributed by atoms with Gasteiger partial charge in [-0.2, -0.15) is 5.26 Å². The normalized spacial score (nSPS) is 12.2. The lowest BCUT2D eigenvalue weighted by atomic mass is 9.97. The molecule has 0 amide bonds. The molecule has 0 radical (unpaired) electrons. The van der Waals surface area contributed by atoms with E-state index in [9.17, 15) is 0 Å². The zero-order chi connectivity index (χ0) is 13.5. The minimum atomic E-state index is 0.0830. The first-order chi connectivity index (χ1) is 8.58. The number of rotatable bonds is 6. The van der Waals surface area contributed by atoms with E-state index in [0.717, 1.165) is 12.3 Å². The molecule has 1 unspecified atom stereocenters. The van der Waals surface area contributed by atoms with Gasteiger partial charge in [0.25, 0.3) is 0 Å². The highest BCUT2D eigenvalue weighted by molar-refractivity contribution is 7.99. The standard InChI is InChI=1S/C15H22N2S/c1-5-18-15-8-6-14(7-9-15)17(4)11-13(10-16)12(2)3/h6-9,12-13H,5,11H2,1-4H3. The van der Waals surface area contributed by atoms with Gasteiger partial charge in [-0.15, -0.1) is 11.8 Å². The molecule has 3 heteroatoms. The molecule has 18 heavy (non-hydrogen) atoms. The van der Waals surface area contributed by atoms with Crippen LogP contribution in [-0.4, -0.2) is 19.3 Å². The second-order valence-corrected chi connectivity index (χ2v) is 6.12.